The third-order valence-electron chi connectivity index (χ3n) is 4.49. The van der Waals surface area contributed by atoms with Gasteiger partial charge in [-0.2, -0.15) is 10.4 Å². The molecule has 0 fully saturated rings. The van der Waals surface area contributed by atoms with E-state index in [2.05, 4.69) is 27.1 Å². The summed E-state index contributed by atoms with van der Waals surface area (Å²) in [6.07, 6.45) is 1.52. The van der Waals surface area contributed by atoms with E-state index >= 15 is 0 Å². The Morgan fingerprint density at radius 2 is 2.04 bits per heavy atom. The summed E-state index contributed by atoms with van der Waals surface area (Å²) >= 11 is 3.39. The molecule has 7 heteroatoms. The molecule has 27 heavy (non-hydrogen) atoms. The van der Waals surface area contributed by atoms with Crippen LogP contribution >= 0.6 is 15.9 Å². The first-order valence-corrected chi connectivity index (χ1v) is 9.74. The number of aromatic nitrogens is 2. The van der Waals surface area contributed by atoms with E-state index < -0.39 is 0 Å². The number of hydrogen-bond donors (Lipinski definition) is 0. The molecule has 0 saturated carbocycles. The Kier molecular flexibility index (Phi) is 7.86. The molecule has 6 nitrogen and oxygen atoms in total. The largest absolute Gasteiger partial charge is 0.492 e. The average molecular weight is 433 g/mol. The molecule has 0 bridgehead atoms. The van der Waals surface area contributed by atoms with Crippen molar-refractivity contribution >= 4 is 21.8 Å². The SMILES string of the molecule is Cc1nn(CCC#N)c(C)c1CCC(=O)N(C)CCOc1ccc(Br)cc1. The Balaban J connectivity index is 1.80. The zero-order chi connectivity index (χ0) is 19.8. The summed E-state index contributed by atoms with van der Waals surface area (Å²) in [6.45, 7) is 5.52. The van der Waals surface area contributed by atoms with Crippen LogP contribution in [-0.4, -0.2) is 40.8 Å². The number of rotatable bonds is 9. The number of halogens is 1. The van der Waals surface area contributed by atoms with Gasteiger partial charge in [0.15, 0.2) is 0 Å². The molecular formula is C20H25BrN4O2. The topological polar surface area (TPSA) is 71.2 Å². The summed E-state index contributed by atoms with van der Waals surface area (Å²) in [4.78, 5) is 14.1. The number of likely N-dealkylation sites (N-methyl/N-ethyl adjacent to an activating group) is 1. The molecule has 2 aromatic rings. The summed E-state index contributed by atoms with van der Waals surface area (Å²) in [6, 6.07) is 9.76. The number of carbonyl (C=O) groups is 1. The van der Waals surface area contributed by atoms with Gasteiger partial charge in [-0.05, 0) is 50.1 Å². The van der Waals surface area contributed by atoms with Gasteiger partial charge in [-0.3, -0.25) is 9.48 Å². The van der Waals surface area contributed by atoms with Crippen LogP contribution in [-0.2, 0) is 17.8 Å². The molecular weight excluding hydrogens is 408 g/mol. The smallest absolute Gasteiger partial charge is 0.222 e. The standard InChI is InChI=1S/C20H25BrN4O2/c1-15-19(16(2)25(23-15)12-4-11-22)9-10-20(26)24(3)13-14-27-18-7-5-17(21)6-8-18/h5-8H,4,9-10,12-14H2,1-3H3. The van der Waals surface area contributed by atoms with Crippen molar-refractivity contribution in [1.82, 2.24) is 14.7 Å². The lowest BCUT2D eigenvalue weighted by atomic mass is 10.1. The Hall–Kier alpha value is -2.33. The van der Waals surface area contributed by atoms with Gasteiger partial charge in [-0.1, -0.05) is 15.9 Å². The highest BCUT2D eigenvalue weighted by molar-refractivity contribution is 9.10. The first-order chi connectivity index (χ1) is 12.9. The molecule has 0 aliphatic rings. The van der Waals surface area contributed by atoms with Gasteiger partial charge in [0, 0.05) is 23.6 Å². The number of carbonyl (C=O) groups excluding carboxylic acids is 1. The second-order valence-electron chi connectivity index (χ2n) is 6.40. The van der Waals surface area contributed by atoms with E-state index in [1.54, 1.807) is 11.9 Å². The van der Waals surface area contributed by atoms with E-state index in [1.807, 2.05) is 42.8 Å². The maximum Gasteiger partial charge on any atom is 0.222 e. The molecule has 1 amide bonds. The van der Waals surface area contributed by atoms with Gasteiger partial charge >= 0.3 is 0 Å². The van der Waals surface area contributed by atoms with E-state index in [9.17, 15) is 4.79 Å². The minimum atomic E-state index is 0.0815. The number of nitriles is 1. The van der Waals surface area contributed by atoms with E-state index in [0.717, 1.165) is 27.2 Å². The minimum Gasteiger partial charge on any atom is -0.492 e. The van der Waals surface area contributed by atoms with Crippen molar-refractivity contribution in [2.45, 2.75) is 39.7 Å². The molecule has 0 atom stereocenters. The number of ether oxygens (including phenoxy) is 1. The lowest BCUT2D eigenvalue weighted by Crippen LogP contribution is -2.31. The van der Waals surface area contributed by atoms with Gasteiger partial charge in [0.25, 0.3) is 0 Å². The van der Waals surface area contributed by atoms with Crippen molar-refractivity contribution < 1.29 is 9.53 Å². The number of amides is 1. The van der Waals surface area contributed by atoms with Crippen molar-refractivity contribution in [2.24, 2.45) is 0 Å². The van der Waals surface area contributed by atoms with Crippen LogP contribution in [0.5, 0.6) is 5.75 Å². The van der Waals surface area contributed by atoms with Gasteiger partial charge in [0.05, 0.1) is 31.3 Å². The van der Waals surface area contributed by atoms with Gasteiger partial charge in [-0.15, -0.1) is 0 Å². The van der Waals surface area contributed by atoms with Gasteiger partial charge in [0.2, 0.25) is 5.91 Å². The molecule has 0 unspecified atom stereocenters. The number of hydrogen-bond acceptors (Lipinski definition) is 4. The average Bonchev–Trinajstić information content (AvgIpc) is 2.92. The molecule has 0 spiro atoms. The first kappa shape index (κ1) is 21.0. The molecule has 1 aromatic carbocycles. The zero-order valence-corrected chi connectivity index (χ0v) is 17.6. The third-order valence-corrected chi connectivity index (χ3v) is 5.02. The lowest BCUT2D eigenvalue weighted by Gasteiger charge is -2.17. The molecule has 2 rings (SSSR count). The highest BCUT2D eigenvalue weighted by Crippen LogP contribution is 2.17. The summed E-state index contributed by atoms with van der Waals surface area (Å²) < 4.78 is 8.53. The van der Waals surface area contributed by atoms with Crippen LogP contribution in [0.1, 0.15) is 29.8 Å². The molecule has 0 aliphatic carbocycles. The van der Waals surface area contributed by atoms with Crippen molar-refractivity contribution in [3.05, 3.63) is 45.7 Å². The van der Waals surface area contributed by atoms with Crippen molar-refractivity contribution in [3.63, 3.8) is 0 Å². The minimum absolute atomic E-state index is 0.0815. The van der Waals surface area contributed by atoms with E-state index in [0.29, 0.717) is 39.0 Å². The van der Waals surface area contributed by atoms with Crippen LogP contribution in [0.25, 0.3) is 0 Å². The van der Waals surface area contributed by atoms with Crippen LogP contribution in [0.15, 0.2) is 28.7 Å². The van der Waals surface area contributed by atoms with Gasteiger partial charge in [-0.25, -0.2) is 0 Å². The van der Waals surface area contributed by atoms with E-state index in [4.69, 9.17) is 10.00 Å². The lowest BCUT2D eigenvalue weighted by molar-refractivity contribution is -0.130. The van der Waals surface area contributed by atoms with Crippen LogP contribution in [0.4, 0.5) is 0 Å². The molecule has 0 radical (unpaired) electrons. The van der Waals surface area contributed by atoms with Crippen LogP contribution in [0, 0.1) is 25.2 Å². The Morgan fingerprint density at radius 3 is 2.70 bits per heavy atom. The molecule has 1 heterocycles. The third kappa shape index (κ3) is 6.10. The summed E-state index contributed by atoms with van der Waals surface area (Å²) in [5.41, 5.74) is 3.07. The van der Waals surface area contributed by atoms with Gasteiger partial charge in [0.1, 0.15) is 12.4 Å². The summed E-state index contributed by atoms with van der Waals surface area (Å²) in [5, 5.41) is 13.2. The van der Waals surface area contributed by atoms with Crippen molar-refractivity contribution in [1.29, 1.82) is 5.26 Å². The van der Waals surface area contributed by atoms with Crippen molar-refractivity contribution in [2.75, 3.05) is 20.2 Å². The zero-order valence-electron chi connectivity index (χ0n) is 16.0. The van der Waals surface area contributed by atoms with Crippen LogP contribution < -0.4 is 4.74 Å². The Labute approximate surface area is 168 Å². The van der Waals surface area contributed by atoms with Crippen LogP contribution in [0.3, 0.4) is 0 Å². The predicted octanol–water partition coefficient (Wildman–Crippen LogP) is 3.65. The number of benzene rings is 1. The highest BCUT2D eigenvalue weighted by Gasteiger charge is 2.15. The van der Waals surface area contributed by atoms with Crippen LogP contribution in [0.2, 0.25) is 0 Å². The van der Waals surface area contributed by atoms with E-state index in [-0.39, 0.29) is 5.91 Å². The molecule has 1 aromatic heterocycles. The maximum absolute atomic E-state index is 12.4. The predicted molar refractivity (Wildman–Crippen MR) is 108 cm³/mol. The quantitative estimate of drug-likeness (QED) is 0.606. The monoisotopic (exact) mass is 432 g/mol. The van der Waals surface area contributed by atoms with Crippen molar-refractivity contribution in [3.8, 4) is 11.8 Å². The molecule has 0 N–H and O–H groups in total. The first-order valence-electron chi connectivity index (χ1n) is 8.94. The molecule has 144 valence electrons. The second kappa shape index (κ2) is 10.1. The van der Waals surface area contributed by atoms with E-state index in [1.165, 1.54) is 0 Å². The van der Waals surface area contributed by atoms with Gasteiger partial charge < -0.3 is 9.64 Å². The second-order valence-corrected chi connectivity index (χ2v) is 7.31. The summed E-state index contributed by atoms with van der Waals surface area (Å²) in [5.74, 6) is 0.869. The Morgan fingerprint density at radius 1 is 1.33 bits per heavy atom. The normalized spacial score (nSPS) is 10.5. The molecule has 0 saturated heterocycles. The number of nitrogens with zero attached hydrogens (tertiary/aromatic N) is 4. The Bertz CT molecular complexity index is 809. The maximum atomic E-state index is 12.4. The fraction of sp³-hybridized carbons (Fsp3) is 0.450. The summed E-state index contributed by atoms with van der Waals surface area (Å²) in [7, 11) is 1.79. The fourth-order valence-electron chi connectivity index (χ4n) is 2.85. The fourth-order valence-corrected chi connectivity index (χ4v) is 3.11. The highest BCUT2D eigenvalue weighted by atomic mass is 79.9. The molecule has 0 aliphatic heterocycles. The number of aryl methyl sites for hydroxylation is 2.